The van der Waals surface area contributed by atoms with E-state index in [4.69, 9.17) is 16.1 Å². The first-order valence-electron chi connectivity index (χ1n) is 12.5. The summed E-state index contributed by atoms with van der Waals surface area (Å²) in [5, 5.41) is 4.61. The molecule has 7 nitrogen and oxygen atoms in total. The largest absolute Gasteiger partial charge is 0.361 e. The molecule has 0 radical (unpaired) electrons. The maximum atomic E-state index is 13.6. The molecule has 0 saturated carbocycles. The monoisotopic (exact) mass is 508 g/mol. The third kappa shape index (κ3) is 6.53. The number of carbonyl (C=O) groups excluding carboxylic acids is 2. The van der Waals surface area contributed by atoms with Gasteiger partial charge in [-0.2, -0.15) is 0 Å². The molecule has 0 aliphatic carbocycles. The average molecular weight is 509 g/mol. The maximum absolute atomic E-state index is 13.6. The lowest BCUT2D eigenvalue weighted by Crippen LogP contribution is -2.38. The fourth-order valence-corrected chi connectivity index (χ4v) is 4.76. The number of hydrogen-bond acceptors (Lipinski definition) is 5. The van der Waals surface area contributed by atoms with Crippen LogP contribution in [0.1, 0.15) is 54.1 Å². The number of aromatic nitrogens is 1. The second-order valence-electron chi connectivity index (χ2n) is 9.21. The van der Waals surface area contributed by atoms with Crippen LogP contribution < -0.4 is 4.90 Å². The van der Waals surface area contributed by atoms with Gasteiger partial charge in [0.2, 0.25) is 5.91 Å². The summed E-state index contributed by atoms with van der Waals surface area (Å²) >= 11 is 6.34. The quantitative estimate of drug-likeness (QED) is 0.475. The maximum Gasteiger partial charge on any atom is 0.276 e. The van der Waals surface area contributed by atoms with E-state index in [0.717, 1.165) is 43.6 Å². The number of nitrogens with zero attached hydrogens (tertiary/aromatic N) is 4. The predicted octanol–water partition coefficient (Wildman–Crippen LogP) is 5.18. The van der Waals surface area contributed by atoms with Crippen molar-refractivity contribution in [1.82, 2.24) is 15.0 Å². The zero-order valence-corrected chi connectivity index (χ0v) is 21.7. The van der Waals surface area contributed by atoms with Gasteiger partial charge in [-0.3, -0.25) is 14.5 Å². The molecule has 0 spiro atoms. The van der Waals surface area contributed by atoms with Gasteiger partial charge in [-0.05, 0) is 36.1 Å². The van der Waals surface area contributed by atoms with E-state index < -0.39 is 0 Å². The van der Waals surface area contributed by atoms with Crippen molar-refractivity contribution in [2.24, 2.45) is 0 Å². The van der Waals surface area contributed by atoms with Crippen molar-refractivity contribution in [2.45, 2.75) is 46.2 Å². The Morgan fingerprint density at radius 1 is 1.03 bits per heavy atom. The summed E-state index contributed by atoms with van der Waals surface area (Å²) in [5.74, 6) is 0.473. The molecule has 1 aromatic heterocycles. The van der Waals surface area contributed by atoms with E-state index in [1.165, 1.54) is 5.56 Å². The molecule has 8 heteroatoms. The molecule has 2 heterocycles. The number of carbonyl (C=O) groups is 2. The minimum absolute atomic E-state index is 0.0500. The van der Waals surface area contributed by atoms with E-state index >= 15 is 0 Å². The molecule has 1 aliphatic heterocycles. The minimum atomic E-state index is -0.185. The van der Waals surface area contributed by atoms with Crippen LogP contribution in [0.3, 0.4) is 0 Å². The Labute approximate surface area is 217 Å². The number of anilines is 1. The standard InChI is InChI=1S/C28H33ClN4O3/c1-3-8-25-18-26(30-36-25)28(35)32-16-15-31(19-22-9-5-4-6-10-22)13-7-14-33(21(2)34)27-17-24(29)12-11-23(27)20-32/h4-6,9-12,17-18H,3,7-8,13-16,19-20H2,1-2H3. The zero-order chi connectivity index (χ0) is 25.5. The van der Waals surface area contributed by atoms with E-state index in [2.05, 4.69) is 29.1 Å². The summed E-state index contributed by atoms with van der Waals surface area (Å²) in [5.41, 5.74) is 3.14. The molecular formula is C28H33ClN4O3. The Bertz CT molecular complexity index is 1180. The van der Waals surface area contributed by atoms with E-state index in [-0.39, 0.29) is 11.8 Å². The molecule has 1 aliphatic rings. The van der Waals surface area contributed by atoms with Crippen LogP contribution in [-0.2, 0) is 24.3 Å². The first-order chi connectivity index (χ1) is 17.4. The van der Waals surface area contributed by atoms with Crippen LogP contribution in [0.2, 0.25) is 5.02 Å². The number of rotatable bonds is 5. The van der Waals surface area contributed by atoms with E-state index in [1.807, 2.05) is 30.3 Å². The number of hydrogen-bond donors (Lipinski definition) is 0. The third-order valence-corrected chi connectivity index (χ3v) is 6.67. The van der Waals surface area contributed by atoms with Crippen molar-refractivity contribution in [3.63, 3.8) is 0 Å². The summed E-state index contributed by atoms with van der Waals surface area (Å²) in [4.78, 5) is 32.2. The molecule has 2 amide bonds. The van der Waals surface area contributed by atoms with Crippen molar-refractivity contribution in [3.05, 3.63) is 82.2 Å². The highest BCUT2D eigenvalue weighted by atomic mass is 35.5. The van der Waals surface area contributed by atoms with Gasteiger partial charge in [0.15, 0.2) is 5.69 Å². The van der Waals surface area contributed by atoms with Crippen molar-refractivity contribution < 1.29 is 14.1 Å². The summed E-state index contributed by atoms with van der Waals surface area (Å²) in [6, 6.07) is 17.6. The number of aryl methyl sites for hydroxylation is 1. The zero-order valence-electron chi connectivity index (χ0n) is 21.0. The van der Waals surface area contributed by atoms with Gasteiger partial charge < -0.3 is 14.3 Å². The SMILES string of the molecule is CCCc1cc(C(=O)N2CCN(Cc3ccccc3)CCCN(C(C)=O)c3cc(Cl)ccc3C2)no1. The molecule has 2 aromatic carbocycles. The summed E-state index contributed by atoms with van der Waals surface area (Å²) in [6.07, 6.45) is 2.45. The Morgan fingerprint density at radius 3 is 2.58 bits per heavy atom. The lowest BCUT2D eigenvalue weighted by Gasteiger charge is -2.27. The first kappa shape index (κ1) is 25.9. The average Bonchev–Trinajstić information content (AvgIpc) is 3.32. The molecule has 0 fully saturated rings. The van der Waals surface area contributed by atoms with Gasteiger partial charge in [0.05, 0.1) is 5.69 Å². The number of amides is 2. The highest BCUT2D eigenvalue weighted by Gasteiger charge is 2.25. The van der Waals surface area contributed by atoms with E-state index in [1.54, 1.807) is 28.9 Å². The molecule has 0 bridgehead atoms. The van der Waals surface area contributed by atoms with Crippen LogP contribution >= 0.6 is 11.6 Å². The lowest BCUT2D eigenvalue weighted by molar-refractivity contribution is -0.116. The van der Waals surface area contributed by atoms with Gasteiger partial charge in [-0.25, -0.2) is 0 Å². The smallest absolute Gasteiger partial charge is 0.276 e. The van der Waals surface area contributed by atoms with Crippen LogP contribution in [-0.4, -0.2) is 52.9 Å². The van der Waals surface area contributed by atoms with Crippen LogP contribution in [0, 0.1) is 0 Å². The lowest BCUT2D eigenvalue weighted by atomic mass is 10.1. The van der Waals surface area contributed by atoms with Crippen molar-refractivity contribution in [3.8, 4) is 0 Å². The molecule has 36 heavy (non-hydrogen) atoms. The molecule has 0 unspecified atom stereocenters. The Hall–Kier alpha value is -3.16. The second kappa shape index (κ2) is 12.2. The summed E-state index contributed by atoms with van der Waals surface area (Å²) < 4.78 is 5.39. The molecule has 4 rings (SSSR count). The molecule has 0 N–H and O–H groups in total. The predicted molar refractivity (Wildman–Crippen MR) is 141 cm³/mol. The van der Waals surface area contributed by atoms with E-state index in [0.29, 0.717) is 42.7 Å². The number of halogens is 1. The van der Waals surface area contributed by atoms with Crippen LogP contribution in [0.25, 0.3) is 0 Å². The van der Waals surface area contributed by atoms with Crippen molar-refractivity contribution >= 4 is 29.1 Å². The van der Waals surface area contributed by atoms with Crippen LogP contribution in [0.5, 0.6) is 0 Å². The number of benzene rings is 2. The molecular weight excluding hydrogens is 476 g/mol. The summed E-state index contributed by atoms with van der Waals surface area (Å²) in [6.45, 7) is 7.32. The first-order valence-corrected chi connectivity index (χ1v) is 12.9. The van der Waals surface area contributed by atoms with Gasteiger partial charge in [-0.15, -0.1) is 0 Å². The van der Waals surface area contributed by atoms with Crippen molar-refractivity contribution in [2.75, 3.05) is 31.1 Å². The van der Waals surface area contributed by atoms with Gasteiger partial charge >= 0.3 is 0 Å². The van der Waals surface area contributed by atoms with Crippen LogP contribution in [0.15, 0.2) is 59.1 Å². The van der Waals surface area contributed by atoms with Crippen molar-refractivity contribution in [1.29, 1.82) is 0 Å². The van der Waals surface area contributed by atoms with Gasteiger partial charge in [0.25, 0.3) is 5.91 Å². The molecule has 0 saturated heterocycles. The van der Waals surface area contributed by atoms with Crippen LogP contribution in [0.4, 0.5) is 5.69 Å². The van der Waals surface area contributed by atoms with Gasteiger partial charge in [0.1, 0.15) is 5.76 Å². The fourth-order valence-electron chi connectivity index (χ4n) is 4.59. The minimum Gasteiger partial charge on any atom is -0.361 e. The van der Waals surface area contributed by atoms with E-state index in [9.17, 15) is 9.59 Å². The Balaban J connectivity index is 1.66. The Morgan fingerprint density at radius 2 is 1.83 bits per heavy atom. The normalized spacial score (nSPS) is 15.3. The highest BCUT2D eigenvalue weighted by molar-refractivity contribution is 6.31. The molecule has 190 valence electrons. The fraction of sp³-hybridized carbons (Fsp3) is 0.393. The molecule has 3 aromatic rings. The highest BCUT2D eigenvalue weighted by Crippen LogP contribution is 2.28. The van der Waals surface area contributed by atoms with Gasteiger partial charge in [-0.1, -0.05) is 60.1 Å². The third-order valence-electron chi connectivity index (χ3n) is 6.43. The summed E-state index contributed by atoms with van der Waals surface area (Å²) in [7, 11) is 0. The number of fused-ring (bicyclic) bond motifs is 1. The topological polar surface area (TPSA) is 69.9 Å². The molecule has 0 atom stereocenters. The van der Waals surface area contributed by atoms with Gasteiger partial charge in [0, 0.05) is 63.7 Å². The Kier molecular flexibility index (Phi) is 8.78. The second-order valence-corrected chi connectivity index (χ2v) is 9.65.